The van der Waals surface area contributed by atoms with Crippen molar-refractivity contribution in [2.75, 3.05) is 19.0 Å². The summed E-state index contributed by atoms with van der Waals surface area (Å²) < 4.78 is 18.7. The van der Waals surface area contributed by atoms with Gasteiger partial charge in [-0.1, -0.05) is 0 Å². The Hall–Kier alpha value is -2.93. The van der Waals surface area contributed by atoms with E-state index in [2.05, 4.69) is 10.3 Å². The van der Waals surface area contributed by atoms with Gasteiger partial charge in [0.15, 0.2) is 5.58 Å². The van der Waals surface area contributed by atoms with Crippen LogP contribution in [0, 0.1) is 5.82 Å². The molecule has 2 amide bonds. The van der Waals surface area contributed by atoms with E-state index in [1.165, 1.54) is 17.0 Å². The second kappa shape index (κ2) is 6.90. The lowest BCUT2D eigenvalue weighted by Gasteiger charge is -2.23. The monoisotopic (exact) mass is 343 g/mol. The topological polar surface area (TPSA) is 78.6 Å². The highest BCUT2D eigenvalue weighted by Crippen LogP contribution is 2.26. The minimum absolute atomic E-state index is 0.119. The van der Waals surface area contributed by atoms with Crippen LogP contribution in [0.5, 0.6) is 0 Å². The van der Waals surface area contributed by atoms with Crippen LogP contribution in [-0.2, 0) is 0 Å². The van der Waals surface area contributed by atoms with Gasteiger partial charge in [0.25, 0.3) is 0 Å². The molecule has 25 heavy (non-hydrogen) atoms. The van der Waals surface area contributed by atoms with Crippen molar-refractivity contribution in [3.63, 3.8) is 0 Å². The van der Waals surface area contributed by atoms with Crippen LogP contribution >= 0.6 is 0 Å². The third-order valence-electron chi connectivity index (χ3n) is 3.98. The number of aliphatic hydroxyl groups excluding tert-OH is 1. The zero-order valence-corrected chi connectivity index (χ0v) is 13.9. The molecule has 0 bridgehead atoms. The highest BCUT2D eigenvalue weighted by atomic mass is 19.1. The van der Waals surface area contributed by atoms with Gasteiger partial charge in [-0.2, -0.15) is 0 Å². The van der Waals surface area contributed by atoms with Crippen LogP contribution in [0.4, 0.5) is 14.9 Å². The van der Waals surface area contributed by atoms with Crippen molar-refractivity contribution in [2.24, 2.45) is 0 Å². The Morgan fingerprint density at radius 3 is 2.72 bits per heavy atom. The number of amides is 2. The molecule has 2 N–H and O–H groups in total. The van der Waals surface area contributed by atoms with Crippen molar-refractivity contribution < 1.29 is 18.7 Å². The van der Waals surface area contributed by atoms with Crippen LogP contribution in [0.2, 0.25) is 0 Å². The van der Waals surface area contributed by atoms with Gasteiger partial charge in [0.05, 0.1) is 12.6 Å². The van der Waals surface area contributed by atoms with Gasteiger partial charge in [-0.15, -0.1) is 0 Å². The number of carbonyl (C=O) groups excluding carboxylic acids is 1. The lowest BCUT2D eigenvalue weighted by Crippen LogP contribution is -2.40. The zero-order chi connectivity index (χ0) is 18.0. The second-order valence-electron chi connectivity index (χ2n) is 5.78. The van der Waals surface area contributed by atoms with E-state index in [1.807, 2.05) is 0 Å². The number of halogens is 1. The van der Waals surface area contributed by atoms with Gasteiger partial charge in [-0.3, -0.25) is 0 Å². The summed E-state index contributed by atoms with van der Waals surface area (Å²) in [5, 5.41) is 11.9. The molecule has 2 aromatic carbocycles. The predicted octanol–water partition coefficient (Wildman–Crippen LogP) is 3.48. The Morgan fingerprint density at radius 2 is 2.04 bits per heavy atom. The molecule has 1 heterocycles. The quantitative estimate of drug-likeness (QED) is 0.760. The van der Waals surface area contributed by atoms with E-state index in [0.29, 0.717) is 28.2 Å². The molecule has 3 rings (SSSR count). The van der Waals surface area contributed by atoms with Crippen molar-refractivity contribution in [1.82, 2.24) is 9.88 Å². The normalized spacial score (nSPS) is 12.2. The smallest absolute Gasteiger partial charge is 0.321 e. The number of oxazole rings is 1. The standard InChI is InChI=1S/C18H18FN3O3/c1-11(10-23)22(2)18(24)20-14-7-8-15-16(9-14)25-17(21-15)12-3-5-13(19)6-4-12/h3-9,11,23H,10H2,1-2H3,(H,20,24). The number of urea groups is 1. The van der Waals surface area contributed by atoms with Crippen LogP contribution in [0.3, 0.4) is 0 Å². The first kappa shape index (κ1) is 16.9. The first-order valence-corrected chi connectivity index (χ1v) is 7.79. The Labute approximate surface area is 143 Å². The van der Waals surface area contributed by atoms with E-state index in [0.717, 1.165) is 0 Å². The summed E-state index contributed by atoms with van der Waals surface area (Å²) in [6.07, 6.45) is 0. The number of nitrogens with zero attached hydrogens (tertiary/aromatic N) is 2. The van der Waals surface area contributed by atoms with Gasteiger partial charge in [0.1, 0.15) is 11.3 Å². The number of aliphatic hydroxyl groups is 1. The SMILES string of the molecule is CC(CO)N(C)C(=O)Nc1ccc2nc(-c3ccc(F)cc3)oc2c1. The number of carbonyl (C=O) groups is 1. The molecular weight excluding hydrogens is 325 g/mol. The van der Waals surface area contributed by atoms with E-state index in [4.69, 9.17) is 9.52 Å². The van der Waals surface area contributed by atoms with E-state index in [-0.39, 0.29) is 24.5 Å². The van der Waals surface area contributed by atoms with Crippen LogP contribution in [0.15, 0.2) is 46.9 Å². The molecule has 1 atom stereocenters. The Morgan fingerprint density at radius 1 is 1.32 bits per heavy atom. The molecule has 7 heteroatoms. The summed E-state index contributed by atoms with van der Waals surface area (Å²) in [7, 11) is 1.61. The van der Waals surface area contributed by atoms with Gasteiger partial charge in [-0.05, 0) is 43.3 Å². The summed E-state index contributed by atoms with van der Waals surface area (Å²) in [5.74, 6) is 0.0515. The molecule has 0 saturated carbocycles. The number of aromatic nitrogens is 1. The summed E-state index contributed by atoms with van der Waals surface area (Å²) in [6.45, 7) is 1.63. The predicted molar refractivity (Wildman–Crippen MR) is 92.7 cm³/mol. The summed E-state index contributed by atoms with van der Waals surface area (Å²) in [4.78, 5) is 17.9. The highest BCUT2D eigenvalue weighted by molar-refractivity contribution is 5.92. The molecule has 0 aliphatic heterocycles. The zero-order valence-electron chi connectivity index (χ0n) is 13.9. The van der Waals surface area contributed by atoms with Gasteiger partial charge < -0.3 is 19.7 Å². The molecule has 0 fully saturated rings. The second-order valence-corrected chi connectivity index (χ2v) is 5.78. The molecule has 1 unspecified atom stereocenters. The fraction of sp³-hybridized carbons (Fsp3) is 0.222. The number of hydrogen-bond acceptors (Lipinski definition) is 4. The average Bonchev–Trinajstić information content (AvgIpc) is 3.04. The summed E-state index contributed by atoms with van der Waals surface area (Å²) in [6, 6.07) is 10.4. The Kier molecular flexibility index (Phi) is 4.67. The van der Waals surface area contributed by atoms with E-state index < -0.39 is 0 Å². The fourth-order valence-corrected chi connectivity index (χ4v) is 2.25. The van der Waals surface area contributed by atoms with E-state index in [1.54, 1.807) is 44.3 Å². The molecule has 0 saturated heterocycles. The first-order valence-electron chi connectivity index (χ1n) is 7.79. The Balaban J connectivity index is 1.83. The van der Waals surface area contributed by atoms with Crippen molar-refractivity contribution in [3.05, 3.63) is 48.3 Å². The maximum Gasteiger partial charge on any atom is 0.321 e. The van der Waals surface area contributed by atoms with E-state index >= 15 is 0 Å². The van der Waals surface area contributed by atoms with Crippen molar-refractivity contribution in [2.45, 2.75) is 13.0 Å². The largest absolute Gasteiger partial charge is 0.436 e. The number of nitrogens with one attached hydrogen (secondary N) is 1. The van der Waals surface area contributed by atoms with Crippen LogP contribution in [0.1, 0.15) is 6.92 Å². The third kappa shape index (κ3) is 3.61. The van der Waals surface area contributed by atoms with Gasteiger partial charge in [0.2, 0.25) is 5.89 Å². The first-order chi connectivity index (χ1) is 12.0. The number of hydrogen-bond donors (Lipinski definition) is 2. The van der Waals surface area contributed by atoms with Gasteiger partial charge >= 0.3 is 6.03 Å². The highest BCUT2D eigenvalue weighted by Gasteiger charge is 2.15. The molecule has 130 valence electrons. The van der Waals surface area contributed by atoms with Crippen LogP contribution < -0.4 is 5.32 Å². The van der Waals surface area contributed by atoms with Gasteiger partial charge in [0, 0.05) is 24.4 Å². The minimum Gasteiger partial charge on any atom is -0.436 e. The number of benzene rings is 2. The number of rotatable bonds is 4. The van der Waals surface area contributed by atoms with Crippen molar-refractivity contribution in [1.29, 1.82) is 0 Å². The van der Waals surface area contributed by atoms with E-state index in [9.17, 15) is 9.18 Å². The summed E-state index contributed by atoms with van der Waals surface area (Å²) >= 11 is 0. The fourth-order valence-electron chi connectivity index (χ4n) is 2.25. The maximum absolute atomic E-state index is 13.0. The average molecular weight is 343 g/mol. The number of likely N-dealkylation sites (N-methyl/N-ethyl adjacent to an activating group) is 1. The third-order valence-corrected chi connectivity index (χ3v) is 3.98. The number of fused-ring (bicyclic) bond motifs is 1. The lowest BCUT2D eigenvalue weighted by atomic mass is 10.2. The molecule has 0 spiro atoms. The maximum atomic E-state index is 13.0. The summed E-state index contributed by atoms with van der Waals surface area (Å²) in [5.41, 5.74) is 2.36. The molecule has 1 aromatic heterocycles. The Bertz CT molecular complexity index is 892. The number of anilines is 1. The molecule has 6 nitrogen and oxygen atoms in total. The molecule has 0 aliphatic carbocycles. The molecule has 0 radical (unpaired) electrons. The van der Waals surface area contributed by atoms with Crippen molar-refractivity contribution >= 4 is 22.8 Å². The van der Waals surface area contributed by atoms with Crippen LogP contribution in [0.25, 0.3) is 22.6 Å². The molecule has 3 aromatic rings. The lowest BCUT2D eigenvalue weighted by molar-refractivity contribution is 0.166. The molecular formula is C18H18FN3O3. The molecule has 0 aliphatic rings. The van der Waals surface area contributed by atoms with Gasteiger partial charge in [-0.25, -0.2) is 14.2 Å². The van der Waals surface area contributed by atoms with Crippen LogP contribution in [-0.4, -0.2) is 40.7 Å². The van der Waals surface area contributed by atoms with Crippen molar-refractivity contribution in [3.8, 4) is 11.5 Å². The minimum atomic E-state index is -0.334.